The molecule has 1 saturated heterocycles. The second-order valence-electron chi connectivity index (χ2n) is 8.22. The number of benzene rings is 2. The number of rotatable bonds is 5. The van der Waals surface area contributed by atoms with E-state index in [-0.39, 0.29) is 29.3 Å². The van der Waals surface area contributed by atoms with Crippen molar-refractivity contribution in [2.24, 2.45) is 5.92 Å². The summed E-state index contributed by atoms with van der Waals surface area (Å²) in [7, 11) is 1.59. The third-order valence-electron chi connectivity index (χ3n) is 6.21. The number of amides is 2. The lowest BCUT2D eigenvalue weighted by Crippen LogP contribution is -2.44. The van der Waals surface area contributed by atoms with Crippen molar-refractivity contribution in [3.8, 4) is 5.75 Å². The third-order valence-corrected chi connectivity index (χ3v) is 6.21. The smallest absolute Gasteiger partial charge is 0.251 e. The highest BCUT2D eigenvalue weighted by molar-refractivity contribution is 5.94. The number of ether oxygens (including phenoxy) is 2. The summed E-state index contributed by atoms with van der Waals surface area (Å²) < 4.78 is 37.7. The maximum Gasteiger partial charge on any atom is 0.251 e. The Labute approximate surface area is 185 Å². The van der Waals surface area contributed by atoms with Crippen molar-refractivity contribution in [1.82, 2.24) is 10.2 Å². The Morgan fingerprint density at radius 2 is 1.69 bits per heavy atom. The fourth-order valence-electron chi connectivity index (χ4n) is 4.62. The second-order valence-corrected chi connectivity index (χ2v) is 8.22. The van der Waals surface area contributed by atoms with Crippen LogP contribution in [0.3, 0.4) is 0 Å². The van der Waals surface area contributed by atoms with Gasteiger partial charge in [-0.2, -0.15) is 0 Å². The first-order valence-electron chi connectivity index (χ1n) is 10.7. The average Bonchev–Trinajstić information content (AvgIpc) is 3.22. The molecule has 1 aliphatic heterocycles. The Balaban J connectivity index is 1.54. The standard InChI is InChI=1S/C24H26F2N2O4/c1-31-20-4-2-15(3-5-20)21-13-19(14-22(21)24(30)28-6-8-32-9-7-28)27-23(29)16-10-17(25)12-18(26)11-16/h2-5,10-12,19,21-22H,6-9,13-14H2,1H3,(H,27,29)/t19-,21+,22-/m0/s1. The van der Waals surface area contributed by atoms with E-state index >= 15 is 0 Å². The average molecular weight is 444 g/mol. The van der Waals surface area contributed by atoms with E-state index in [9.17, 15) is 18.4 Å². The number of halogens is 2. The van der Waals surface area contributed by atoms with Crippen molar-refractivity contribution >= 4 is 11.8 Å². The first-order chi connectivity index (χ1) is 15.4. The molecule has 1 saturated carbocycles. The van der Waals surface area contributed by atoms with Gasteiger partial charge in [0.15, 0.2) is 0 Å². The van der Waals surface area contributed by atoms with Crippen molar-refractivity contribution < 1.29 is 27.8 Å². The van der Waals surface area contributed by atoms with Crippen LogP contribution in [0.4, 0.5) is 8.78 Å². The fraction of sp³-hybridized carbons (Fsp3) is 0.417. The summed E-state index contributed by atoms with van der Waals surface area (Å²) in [6, 6.07) is 10.0. The lowest BCUT2D eigenvalue weighted by Gasteiger charge is -2.31. The van der Waals surface area contributed by atoms with E-state index in [0.717, 1.165) is 29.5 Å². The van der Waals surface area contributed by atoms with E-state index in [1.807, 2.05) is 29.2 Å². The molecule has 0 spiro atoms. The van der Waals surface area contributed by atoms with Gasteiger partial charge in [0.2, 0.25) is 5.91 Å². The van der Waals surface area contributed by atoms with Crippen molar-refractivity contribution in [3.05, 3.63) is 65.2 Å². The van der Waals surface area contributed by atoms with Crippen LogP contribution in [0, 0.1) is 17.6 Å². The molecule has 1 heterocycles. The minimum absolute atomic E-state index is 0.0441. The van der Waals surface area contributed by atoms with E-state index < -0.39 is 17.5 Å². The Morgan fingerprint density at radius 3 is 2.31 bits per heavy atom. The molecule has 6 nitrogen and oxygen atoms in total. The summed E-state index contributed by atoms with van der Waals surface area (Å²) in [4.78, 5) is 27.8. The van der Waals surface area contributed by atoms with E-state index in [1.165, 1.54) is 0 Å². The van der Waals surface area contributed by atoms with Crippen LogP contribution in [-0.2, 0) is 9.53 Å². The normalized spacial score (nSPS) is 23.1. The van der Waals surface area contributed by atoms with Crippen molar-refractivity contribution in [2.75, 3.05) is 33.4 Å². The number of carbonyl (C=O) groups is 2. The highest BCUT2D eigenvalue weighted by Crippen LogP contribution is 2.41. The van der Waals surface area contributed by atoms with Gasteiger partial charge in [-0.25, -0.2) is 8.78 Å². The lowest BCUT2D eigenvalue weighted by molar-refractivity contribution is -0.140. The number of hydrogen-bond donors (Lipinski definition) is 1. The molecule has 0 aromatic heterocycles. The molecule has 0 unspecified atom stereocenters. The summed E-state index contributed by atoms with van der Waals surface area (Å²) in [5.74, 6) is -1.80. The summed E-state index contributed by atoms with van der Waals surface area (Å²) in [5.41, 5.74) is 0.914. The molecular formula is C24H26F2N2O4. The van der Waals surface area contributed by atoms with Gasteiger partial charge in [0, 0.05) is 36.7 Å². The zero-order chi connectivity index (χ0) is 22.7. The predicted octanol–water partition coefficient (Wildman–Crippen LogP) is 3.12. The van der Waals surface area contributed by atoms with Crippen LogP contribution < -0.4 is 10.1 Å². The van der Waals surface area contributed by atoms with Gasteiger partial charge in [0.1, 0.15) is 17.4 Å². The van der Waals surface area contributed by atoms with Gasteiger partial charge in [0.25, 0.3) is 5.91 Å². The van der Waals surface area contributed by atoms with Crippen LogP contribution in [0.2, 0.25) is 0 Å². The Bertz CT molecular complexity index is 956. The highest BCUT2D eigenvalue weighted by atomic mass is 19.1. The Hall–Kier alpha value is -3.00. The van der Waals surface area contributed by atoms with E-state index in [1.54, 1.807) is 7.11 Å². The predicted molar refractivity (Wildman–Crippen MR) is 113 cm³/mol. The second kappa shape index (κ2) is 9.65. The van der Waals surface area contributed by atoms with E-state index in [4.69, 9.17) is 9.47 Å². The van der Waals surface area contributed by atoms with Gasteiger partial charge in [0.05, 0.1) is 20.3 Å². The monoisotopic (exact) mass is 444 g/mol. The van der Waals surface area contributed by atoms with Crippen LogP contribution >= 0.6 is 0 Å². The molecular weight excluding hydrogens is 418 g/mol. The molecule has 2 aromatic rings. The SMILES string of the molecule is COc1ccc([C@H]2C[C@H](NC(=O)c3cc(F)cc(F)c3)C[C@@H]2C(=O)N2CCOCC2)cc1. The Morgan fingerprint density at radius 1 is 1.03 bits per heavy atom. The maximum atomic E-state index is 13.5. The maximum absolute atomic E-state index is 13.5. The molecule has 4 rings (SSSR count). The molecule has 1 aliphatic carbocycles. The van der Waals surface area contributed by atoms with Gasteiger partial charge < -0.3 is 19.7 Å². The molecule has 2 fully saturated rings. The third kappa shape index (κ3) is 4.91. The summed E-state index contributed by atoms with van der Waals surface area (Å²) in [6.07, 6.45) is 1.01. The lowest BCUT2D eigenvalue weighted by atomic mass is 9.88. The number of nitrogens with one attached hydrogen (secondary N) is 1. The topological polar surface area (TPSA) is 67.9 Å². The molecule has 0 bridgehead atoms. The molecule has 1 N–H and O–H groups in total. The molecule has 170 valence electrons. The van der Waals surface area contributed by atoms with E-state index in [2.05, 4.69) is 5.32 Å². The minimum Gasteiger partial charge on any atom is -0.497 e. The summed E-state index contributed by atoms with van der Waals surface area (Å²) in [6.45, 7) is 2.11. The zero-order valence-electron chi connectivity index (χ0n) is 17.9. The van der Waals surface area contributed by atoms with Crippen LogP contribution in [0.1, 0.15) is 34.7 Å². The molecule has 3 atom stereocenters. The number of hydrogen-bond acceptors (Lipinski definition) is 4. The van der Waals surface area contributed by atoms with Crippen LogP contribution in [-0.4, -0.2) is 56.2 Å². The number of nitrogens with zero attached hydrogens (tertiary/aromatic N) is 1. The number of carbonyl (C=O) groups excluding carboxylic acids is 2. The zero-order valence-corrected chi connectivity index (χ0v) is 17.9. The molecule has 32 heavy (non-hydrogen) atoms. The molecule has 8 heteroatoms. The van der Waals surface area contributed by atoms with Gasteiger partial charge in [-0.3, -0.25) is 9.59 Å². The van der Waals surface area contributed by atoms with Crippen molar-refractivity contribution in [2.45, 2.75) is 24.8 Å². The van der Waals surface area contributed by atoms with Crippen LogP contribution in [0.5, 0.6) is 5.75 Å². The van der Waals surface area contributed by atoms with E-state index in [0.29, 0.717) is 39.1 Å². The van der Waals surface area contributed by atoms with Crippen LogP contribution in [0.15, 0.2) is 42.5 Å². The van der Waals surface area contributed by atoms with Crippen molar-refractivity contribution in [3.63, 3.8) is 0 Å². The molecule has 2 amide bonds. The van der Waals surface area contributed by atoms with Crippen molar-refractivity contribution in [1.29, 1.82) is 0 Å². The first-order valence-corrected chi connectivity index (χ1v) is 10.7. The Kier molecular flexibility index (Phi) is 6.69. The fourth-order valence-corrected chi connectivity index (χ4v) is 4.62. The van der Waals surface area contributed by atoms with Gasteiger partial charge in [-0.05, 0) is 48.6 Å². The van der Waals surface area contributed by atoms with Gasteiger partial charge >= 0.3 is 0 Å². The van der Waals surface area contributed by atoms with Gasteiger partial charge in [-0.15, -0.1) is 0 Å². The minimum atomic E-state index is -0.807. The number of morpholine rings is 1. The summed E-state index contributed by atoms with van der Waals surface area (Å²) >= 11 is 0. The summed E-state index contributed by atoms with van der Waals surface area (Å²) in [5, 5.41) is 2.87. The van der Waals surface area contributed by atoms with Gasteiger partial charge in [-0.1, -0.05) is 12.1 Å². The number of methoxy groups -OCH3 is 1. The largest absolute Gasteiger partial charge is 0.497 e. The quantitative estimate of drug-likeness (QED) is 0.770. The first kappa shape index (κ1) is 22.2. The molecule has 2 aromatic carbocycles. The molecule has 0 radical (unpaired) electrons. The van der Waals surface area contributed by atoms with Crippen LogP contribution in [0.25, 0.3) is 0 Å². The molecule has 2 aliphatic rings. The highest BCUT2D eigenvalue weighted by Gasteiger charge is 2.42.